The molecule has 2 atom stereocenters. The lowest BCUT2D eigenvalue weighted by atomic mass is 9.87. The summed E-state index contributed by atoms with van der Waals surface area (Å²) in [6.45, 7) is 2.48. The number of hydrogen-bond acceptors (Lipinski definition) is 9. The molecule has 2 fully saturated rings. The molecule has 3 aromatic rings. The van der Waals surface area contributed by atoms with Crippen LogP contribution in [0.5, 0.6) is 5.75 Å². The van der Waals surface area contributed by atoms with Crippen molar-refractivity contribution in [1.82, 2.24) is 30.1 Å². The van der Waals surface area contributed by atoms with Gasteiger partial charge in [-0.3, -0.25) is 4.79 Å². The molecular formula is C24H31N7O4. The first-order chi connectivity index (χ1) is 17.0. The SMILES string of the molecule is CCCc1nc(NCc2c(-c3ccc(O[C@H]4CCC[C@H](C(=O)O)C4)c(C4CC4)n3)nnn2C)no1. The fourth-order valence-corrected chi connectivity index (χ4v) is 4.58. The molecule has 11 nitrogen and oxygen atoms in total. The van der Waals surface area contributed by atoms with E-state index in [1.807, 2.05) is 19.2 Å². The van der Waals surface area contributed by atoms with Crippen molar-refractivity contribution in [3.05, 3.63) is 29.4 Å². The zero-order valence-corrected chi connectivity index (χ0v) is 20.1. The second-order valence-electron chi connectivity index (χ2n) is 9.42. The predicted molar refractivity (Wildman–Crippen MR) is 126 cm³/mol. The molecular weight excluding hydrogens is 450 g/mol. The van der Waals surface area contributed by atoms with Gasteiger partial charge >= 0.3 is 5.97 Å². The number of carbonyl (C=O) groups is 1. The fourth-order valence-electron chi connectivity index (χ4n) is 4.58. The van der Waals surface area contributed by atoms with Gasteiger partial charge in [0, 0.05) is 19.4 Å². The van der Waals surface area contributed by atoms with Crippen molar-refractivity contribution < 1.29 is 19.2 Å². The topological polar surface area (TPSA) is 141 Å². The molecule has 186 valence electrons. The van der Waals surface area contributed by atoms with Gasteiger partial charge in [0.05, 0.1) is 35.6 Å². The van der Waals surface area contributed by atoms with Crippen molar-refractivity contribution in [2.45, 2.75) is 76.9 Å². The van der Waals surface area contributed by atoms with Crippen LogP contribution in [0.15, 0.2) is 16.7 Å². The normalized spacial score (nSPS) is 20.1. The van der Waals surface area contributed by atoms with Crippen molar-refractivity contribution >= 4 is 11.9 Å². The second kappa shape index (κ2) is 10.0. The van der Waals surface area contributed by atoms with Gasteiger partial charge in [0.15, 0.2) is 0 Å². The van der Waals surface area contributed by atoms with Crippen LogP contribution in [0.4, 0.5) is 5.95 Å². The van der Waals surface area contributed by atoms with E-state index in [2.05, 4.69) is 32.7 Å². The third kappa shape index (κ3) is 5.28. The van der Waals surface area contributed by atoms with Gasteiger partial charge in [-0.25, -0.2) is 9.67 Å². The van der Waals surface area contributed by atoms with Gasteiger partial charge in [-0.1, -0.05) is 12.1 Å². The fraction of sp³-hybridized carbons (Fsp3) is 0.583. The average molecular weight is 482 g/mol. The number of aromatic nitrogens is 6. The highest BCUT2D eigenvalue weighted by molar-refractivity contribution is 5.70. The molecule has 0 aliphatic heterocycles. The van der Waals surface area contributed by atoms with Gasteiger partial charge in [-0.2, -0.15) is 4.98 Å². The zero-order chi connectivity index (χ0) is 24.4. The molecule has 0 spiro atoms. The first kappa shape index (κ1) is 23.3. The van der Waals surface area contributed by atoms with E-state index in [-0.39, 0.29) is 12.0 Å². The summed E-state index contributed by atoms with van der Waals surface area (Å²) in [6, 6.07) is 3.85. The minimum absolute atomic E-state index is 0.0983. The number of anilines is 1. The highest BCUT2D eigenvalue weighted by atomic mass is 16.5. The minimum atomic E-state index is -0.736. The first-order valence-electron chi connectivity index (χ1n) is 12.4. The maximum absolute atomic E-state index is 11.4. The van der Waals surface area contributed by atoms with Gasteiger partial charge in [0.1, 0.15) is 11.4 Å². The third-order valence-corrected chi connectivity index (χ3v) is 6.65. The van der Waals surface area contributed by atoms with Gasteiger partial charge in [-0.05, 0) is 62.2 Å². The summed E-state index contributed by atoms with van der Waals surface area (Å²) >= 11 is 0. The number of nitrogens with one attached hydrogen (secondary N) is 1. The van der Waals surface area contributed by atoms with Gasteiger partial charge in [0.2, 0.25) is 5.89 Å². The van der Waals surface area contributed by atoms with E-state index >= 15 is 0 Å². The maximum atomic E-state index is 11.4. The monoisotopic (exact) mass is 481 g/mol. The Morgan fingerprint density at radius 2 is 2.11 bits per heavy atom. The van der Waals surface area contributed by atoms with Crippen molar-refractivity contribution in [2.24, 2.45) is 13.0 Å². The van der Waals surface area contributed by atoms with E-state index in [1.54, 1.807) is 4.68 Å². The van der Waals surface area contributed by atoms with Gasteiger partial charge < -0.3 is 19.7 Å². The van der Waals surface area contributed by atoms with E-state index in [9.17, 15) is 9.90 Å². The minimum Gasteiger partial charge on any atom is -0.488 e. The molecule has 5 rings (SSSR count). The Morgan fingerprint density at radius 1 is 1.26 bits per heavy atom. The molecule has 35 heavy (non-hydrogen) atoms. The van der Waals surface area contributed by atoms with E-state index < -0.39 is 5.97 Å². The number of rotatable bonds is 10. The van der Waals surface area contributed by atoms with Crippen molar-refractivity contribution in [3.8, 4) is 17.1 Å². The lowest BCUT2D eigenvalue weighted by molar-refractivity contribution is -0.143. The second-order valence-corrected chi connectivity index (χ2v) is 9.42. The summed E-state index contributed by atoms with van der Waals surface area (Å²) in [6.07, 6.45) is 6.71. The van der Waals surface area contributed by atoms with E-state index in [1.165, 1.54) is 0 Å². The van der Waals surface area contributed by atoms with Gasteiger partial charge in [0.25, 0.3) is 5.95 Å². The number of aryl methyl sites for hydroxylation is 2. The Kier molecular flexibility index (Phi) is 6.65. The predicted octanol–water partition coefficient (Wildman–Crippen LogP) is 3.72. The number of pyridine rings is 1. The Balaban J connectivity index is 1.34. The zero-order valence-electron chi connectivity index (χ0n) is 20.1. The lowest BCUT2D eigenvalue weighted by Crippen LogP contribution is -2.29. The molecule has 2 saturated carbocycles. The molecule has 2 aliphatic rings. The number of hydrogen-bond donors (Lipinski definition) is 2. The number of aliphatic carboxylic acids is 1. The summed E-state index contributed by atoms with van der Waals surface area (Å²) in [5.74, 6) is 1.09. The Morgan fingerprint density at radius 3 is 2.89 bits per heavy atom. The molecule has 3 aromatic heterocycles. The van der Waals surface area contributed by atoms with Crippen molar-refractivity contribution in [2.75, 3.05) is 5.32 Å². The Hall–Kier alpha value is -3.50. The van der Waals surface area contributed by atoms with Crippen LogP contribution in [0.1, 0.15) is 75.1 Å². The summed E-state index contributed by atoms with van der Waals surface area (Å²) < 4.78 is 13.3. The lowest BCUT2D eigenvalue weighted by Gasteiger charge is -2.28. The number of carboxylic acids is 1. The summed E-state index contributed by atoms with van der Waals surface area (Å²) in [5.41, 5.74) is 3.20. The summed E-state index contributed by atoms with van der Waals surface area (Å²) in [5, 5.41) is 25.1. The number of carboxylic acid groups (broad SMARTS) is 1. The Bertz CT molecular complexity index is 1190. The van der Waals surface area contributed by atoms with E-state index in [0.717, 1.165) is 67.8 Å². The van der Waals surface area contributed by atoms with Crippen LogP contribution in [0.2, 0.25) is 0 Å². The van der Waals surface area contributed by atoms with Crippen LogP contribution in [0, 0.1) is 5.92 Å². The summed E-state index contributed by atoms with van der Waals surface area (Å²) in [7, 11) is 1.84. The van der Waals surface area contributed by atoms with Crippen molar-refractivity contribution in [3.63, 3.8) is 0 Å². The van der Waals surface area contributed by atoms with Crippen LogP contribution in [0.25, 0.3) is 11.4 Å². The molecule has 0 aromatic carbocycles. The van der Waals surface area contributed by atoms with Crippen LogP contribution in [-0.2, 0) is 24.8 Å². The molecule has 0 saturated heterocycles. The van der Waals surface area contributed by atoms with E-state index in [0.29, 0.717) is 36.4 Å². The smallest absolute Gasteiger partial charge is 0.306 e. The highest BCUT2D eigenvalue weighted by Crippen LogP contribution is 2.44. The van der Waals surface area contributed by atoms with Crippen LogP contribution < -0.4 is 10.1 Å². The number of nitrogens with zero attached hydrogens (tertiary/aromatic N) is 6. The highest BCUT2D eigenvalue weighted by Gasteiger charge is 2.33. The van der Waals surface area contributed by atoms with Crippen LogP contribution in [-0.4, -0.2) is 47.3 Å². The number of ether oxygens (including phenoxy) is 1. The summed E-state index contributed by atoms with van der Waals surface area (Å²) in [4.78, 5) is 20.7. The standard InChI is InChI=1S/C24H31N7O4/c1-3-5-20-27-24(29-35-20)25-13-18-22(28-30-31(18)2)17-10-11-19(21(26-17)14-8-9-14)34-16-7-4-6-15(12-16)23(32)33/h10-11,14-16H,3-9,12-13H2,1-2H3,(H,25,29)(H,32,33)/t15-,16-/m0/s1. The molecule has 0 unspecified atom stereocenters. The molecule has 11 heteroatoms. The van der Waals surface area contributed by atoms with E-state index in [4.69, 9.17) is 14.2 Å². The molecule has 0 radical (unpaired) electrons. The molecule has 0 amide bonds. The average Bonchev–Trinajstić information content (AvgIpc) is 3.50. The Labute approximate surface area is 203 Å². The van der Waals surface area contributed by atoms with Crippen LogP contribution in [0.3, 0.4) is 0 Å². The molecule has 2 aliphatic carbocycles. The van der Waals surface area contributed by atoms with Crippen LogP contribution >= 0.6 is 0 Å². The van der Waals surface area contributed by atoms with Crippen molar-refractivity contribution in [1.29, 1.82) is 0 Å². The first-order valence-corrected chi connectivity index (χ1v) is 12.4. The quantitative estimate of drug-likeness (QED) is 0.440. The molecule has 2 N–H and O–H groups in total. The van der Waals surface area contributed by atoms with Gasteiger partial charge in [-0.15, -0.1) is 5.10 Å². The largest absolute Gasteiger partial charge is 0.488 e. The molecule has 3 heterocycles. The maximum Gasteiger partial charge on any atom is 0.306 e. The molecule has 0 bridgehead atoms. The third-order valence-electron chi connectivity index (χ3n) is 6.65.